The lowest BCUT2D eigenvalue weighted by Gasteiger charge is -2.26. The van der Waals surface area contributed by atoms with Gasteiger partial charge in [-0.1, -0.05) is 6.92 Å². The average Bonchev–Trinajstić information content (AvgIpc) is 1.93. The second-order valence-corrected chi connectivity index (χ2v) is 3.66. The minimum absolute atomic E-state index is 0.115. The lowest BCUT2D eigenvalue weighted by molar-refractivity contribution is -0.119. The fraction of sp³-hybridized carbons (Fsp3) is 0.889. The van der Waals surface area contributed by atoms with Gasteiger partial charge in [-0.15, -0.1) is 0 Å². The van der Waals surface area contributed by atoms with Gasteiger partial charge in [0.05, 0.1) is 0 Å². The molecule has 0 aromatic rings. The predicted molar refractivity (Wildman–Crippen MR) is 45.2 cm³/mol. The SMILES string of the molecule is CC(=O)NC1CCC(C)CC1. The molecule has 2 heteroatoms. The van der Waals surface area contributed by atoms with Gasteiger partial charge >= 0.3 is 0 Å². The van der Waals surface area contributed by atoms with E-state index in [9.17, 15) is 4.79 Å². The maximum atomic E-state index is 10.7. The Balaban J connectivity index is 2.22. The first-order chi connectivity index (χ1) is 5.18. The number of rotatable bonds is 1. The molecule has 0 saturated heterocycles. The normalized spacial score (nSPS) is 31.5. The summed E-state index contributed by atoms with van der Waals surface area (Å²) in [6, 6.07) is 0.462. The molecule has 1 fully saturated rings. The van der Waals surface area contributed by atoms with Crippen LogP contribution in [0.1, 0.15) is 39.5 Å². The molecule has 1 N–H and O–H groups in total. The molecule has 0 spiro atoms. The molecule has 64 valence electrons. The van der Waals surface area contributed by atoms with Crippen LogP contribution >= 0.6 is 0 Å². The number of amides is 1. The van der Waals surface area contributed by atoms with E-state index in [1.807, 2.05) is 0 Å². The zero-order valence-electron chi connectivity index (χ0n) is 7.39. The predicted octanol–water partition coefficient (Wildman–Crippen LogP) is 1.70. The molecule has 0 unspecified atom stereocenters. The molecule has 0 atom stereocenters. The summed E-state index contributed by atoms with van der Waals surface area (Å²) < 4.78 is 0. The van der Waals surface area contributed by atoms with Crippen LogP contribution in [0.25, 0.3) is 0 Å². The van der Waals surface area contributed by atoms with E-state index in [-0.39, 0.29) is 5.91 Å². The topological polar surface area (TPSA) is 29.1 Å². The molecule has 0 aromatic carbocycles. The van der Waals surface area contributed by atoms with Gasteiger partial charge in [-0.3, -0.25) is 4.79 Å². The summed E-state index contributed by atoms with van der Waals surface area (Å²) in [6.07, 6.45) is 4.87. The first-order valence-corrected chi connectivity index (χ1v) is 4.45. The molecule has 1 rings (SSSR count). The Morgan fingerprint density at radius 1 is 1.27 bits per heavy atom. The molecular weight excluding hydrogens is 138 g/mol. The van der Waals surface area contributed by atoms with Crippen LogP contribution in [-0.4, -0.2) is 11.9 Å². The number of nitrogens with one attached hydrogen (secondary N) is 1. The third-order valence-corrected chi connectivity index (χ3v) is 2.42. The second-order valence-electron chi connectivity index (χ2n) is 3.66. The number of hydrogen-bond acceptors (Lipinski definition) is 1. The van der Waals surface area contributed by atoms with Crippen LogP contribution in [0.15, 0.2) is 0 Å². The zero-order chi connectivity index (χ0) is 8.27. The number of carbonyl (C=O) groups is 1. The summed E-state index contributed by atoms with van der Waals surface area (Å²) in [5.41, 5.74) is 0. The van der Waals surface area contributed by atoms with Crippen molar-refractivity contribution in [2.24, 2.45) is 5.92 Å². The van der Waals surface area contributed by atoms with Crippen molar-refractivity contribution in [2.45, 2.75) is 45.6 Å². The minimum atomic E-state index is 0.115. The maximum Gasteiger partial charge on any atom is 0.217 e. The highest BCUT2D eigenvalue weighted by Crippen LogP contribution is 2.23. The van der Waals surface area contributed by atoms with Crippen LogP contribution in [0.2, 0.25) is 0 Å². The van der Waals surface area contributed by atoms with Gasteiger partial charge in [0, 0.05) is 13.0 Å². The molecule has 0 bridgehead atoms. The van der Waals surface area contributed by atoms with Crippen molar-refractivity contribution >= 4 is 5.91 Å². The highest BCUT2D eigenvalue weighted by molar-refractivity contribution is 5.73. The van der Waals surface area contributed by atoms with Crippen LogP contribution in [0.5, 0.6) is 0 Å². The molecule has 11 heavy (non-hydrogen) atoms. The smallest absolute Gasteiger partial charge is 0.217 e. The third-order valence-electron chi connectivity index (χ3n) is 2.42. The minimum Gasteiger partial charge on any atom is -0.354 e. The van der Waals surface area contributed by atoms with Gasteiger partial charge in [0.1, 0.15) is 0 Å². The van der Waals surface area contributed by atoms with Gasteiger partial charge in [-0.2, -0.15) is 0 Å². The van der Waals surface area contributed by atoms with Gasteiger partial charge in [-0.25, -0.2) is 0 Å². The Hall–Kier alpha value is -0.530. The zero-order valence-corrected chi connectivity index (χ0v) is 7.39. The molecule has 1 aliphatic carbocycles. The molecule has 0 radical (unpaired) electrons. The van der Waals surface area contributed by atoms with Crippen LogP contribution in [0, 0.1) is 5.92 Å². The summed E-state index contributed by atoms with van der Waals surface area (Å²) in [5.74, 6) is 0.976. The van der Waals surface area contributed by atoms with E-state index < -0.39 is 0 Å². The molecule has 2 nitrogen and oxygen atoms in total. The summed E-state index contributed by atoms with van der Waals surface area (Å²) >= 11 is 0. The standard InChI is InChI=1S/C9H17NO/c1-7-3-5-9(6-4-7)10-8(2)11/h7,9H,3-6H2,1-2H3,(H,10,11). The van der Waals surface area contributed by atoms with Gasteiger partial charge < -0.3 is 5.32 Å². The van der Waals surface area contributed by atoms with Crippen molar-refractivity contribution in [3.8, 4) is 0 Å². The first-order valence-electron chi connectivity index (χ1n) is 4.45. The lowest BCUT2D eigenvalue weighted by Crippen LogP contribution is -2.35. The highest BCUT2D eigenvalue weighted by atomic mass is 16.1. The molecule has 0 aliphatic heterocycles. The van der Waals surface area contributed by atoms with Gasteiger partial charge in [0.25, 0.3) is 0 Å². The summed E-state index contributed by atoms with van der Waals surface area (Å²) in [6.45, 7) is 3.88. The van der Waals surface area contributed by atoms with E-state index in [0.717, 1.165) is 5.92 Å². The maximum absolute atomic E-state index is 10.7. The molecule has 1 amide bonds. The van der Waals surface area contributed by atoms with E-state index in [0.29, 0.717) is 6.04 Å². The molecule has 1 saturated carbocycles. The Labute approximate surface area is 68.4 Å². The van der Waals surface area contributed by atoms with Crippen molar-refractivity contribution in [3.05, 3.63) is 0 Å². The molecule has 0 heterocycles. The van der Waals surface area contributed by atoms with Crippen LogP contribution in [0.3, 0.4) is 0 Å². The molecule has 0 aromatic heterocycles. The van der Waals surface area contributed by atoms with Gasteiger partial charge in [0.15, 0.2) is 0 Å². The van der Waals surface area contributed by atoms with E-state index in [1.54, 1.807) is 6.92 Å². The van der Waals surface area contributed by atoms with E-state index in [4.69, 9.17) is 0 Å². The Morgan fingerprint density at radius 3 is 2.27 bits per heavy atom. The lowest BCUT2D eigenvalue weighted by atomic mass is 9.87. The van der Waals surface area contributed by atoms with Crippen molar-refractivity contribution in [3.63, 3.8) is 0 Å². The quantitative estimate of drug-likeness (QED) is 0.613. The van der Waals surface area contributed by atoms with Gasteiger partial charge in [-0.05, 0) is 31.6 Å². The third kappa shape index (κ3) is 2.91. The molecule has 1 aliphatic rings. The first kappa shape index (κ1) is 8.57. The number of carbonyl (C=O) groups excluding carboxylic acids is 1. The number of hydrogen-bond donors (Lipinski definition) is 1. The van der Waals surface area contributed by atoms with E-state index in [1.165, 1.54) is 25.7 Å². The van der Waals surface area contributed by atoms with Crippen LogP contribution in [0.4, 0.5) is 0 Å². The van der Waals surface area contributed by atoms with E-state index in [2.05, 4.69) is 12.2 Å². The Kier molecular flexibility index (Phi) is 2.92. The summed E-state index contributed by atoms with van der Waals surface area (Å²) in [4.78, 5) is 10.7. The van der Waals surface area contributed by atoms with Crippen molar-refractivity contribution < 1.29 is 4.79 Å². The van der Waals surface area contributed by atoms with Crippen molar-refractivity contribution in [1.29, 1.82) is 0 Å². The van der Waals surface area contributed by atoms with Crippen molar-refractivity contribution in [1.82, 2.24) is 5.32 Å². The Bertz CT molecular complexity index is 136. The summed E-state index contributed by atoms with van der Waals surface area (Å²) in [5, 5.41) is 2.96. The second kappa shape index (κ2) is 3.74. The van der Waals surface area contributed by atoms with Crippen LogP contribution in [-0.2, 0) is 4.79 Å². The fourth-order valence-electron chi connectivity index (χ4n) is 1.69. The average molecular weight is 155 g/mol. The van der Waals surface area contributed by atoms with Gasteiger partial charge in [0.2, 0.25) is 5.91 Å². The Morgan fingerprint density at radius 2 is 1.82 bits per heavy atom. The highest BCUT2D eigenvalue weighted by Gasteiger charge is 2.17. The monoisotopic (exact) mass is 155 g/mol. The largest absolute Gasteiger partial charge is 0.354 e. The fourth-order valence-corrected chi connectivity index (χ4v) is 1.69. The van der Waals surface area contributed by atoms with Crippen molar-refractivity contribution in [2.75, 3.05) is 0 Å². The summed E-state index contributed by atoms with van der Waals surface area (Å²) in [7, 11) is 0. The molecular formula is C9H17NO. The van der Waals surface area contributed by atoms with Crippen LogP contribution < -0.4 is 5.32 Å². The van der Waals surface area contributed by atoms with E-state index >= 15 is 0 Å².